The Morgan fingerprint density at radius 2 is 2.06 bits per heavy atom. The Kier molecular flexibility index (Phi) is 5.00. The zero-order chi connectivity index (χ0) is 12.8. The number of hydrogen-bond donors (Lipinski definition) is 1. The van der Waals surface area contributed by atoms with Crippen LogP contribution in [0.2, 0.25) is 0 Å². The first-order valence-electron chi connectivity index (χ1n) is 7.09. The maximum absolute atomic E-state index is 4.36. The van der Waals surface area contributed by atoms with Crippen molar-refractivity contribution in [2.45, 2.75) is 38.6 Å². The van der Waals surface area contributed by atoms with Gasteiger partial charge >= 0.3 is 0 Å². The van der Waals surface area contributed by atoms with Crippen molar-refractivity contribution in [2.24, 2.45) is 5.92 Å². The smallest absolute Gasteiger partial charge is 0.125 e. The highest BCUT2D eigenvalue weighted by Crippen LogP contribution is 2.24. The summed E-state index contributed by atoms with van der Waals surface area (Å²) in [6.07, 6.45) is 9.11. The number of anilines is 1. The third-order valence-corrected chi connectivity index (χ3v) is 3.83. The molecule has 1 saturated carbocycles. The van der Waals surface area contributed by atoms with Crippen LogP contribution in [0.4, 0.5) is 5.82 Å². The zero-order valence-electron chi connectivity index (χ0n) is 11.7. The van der Waals surface area contributed by atoms with Gasteiger partial charge in [-0.2, -0.15) is 0 Å². The molecule has 1 heterocycles. The predicted molar refractivity (Wildman–Crippen MR) is 76.7 cm³/mol. The minimum Gasteiger partial charge on any atom is -0.373 e. The summed E-state index contributed by atoms with van der Waals surface area (Å²) in [6, 6.07) is 4.21. The number of nitrogens with zero attached hydrogens (tertiary/aromatic N) is 2. The summed E-state index contributed by atoms with van der Waals surface area (Å²) >= 11 is 0. The highest BCUT2D eigenvalue weighted by molar-refractivity contribution is 5.34. The van der Waals surface area contributed by atoms with E-state index in [0.29, 0.717) is 0 Å². The normalized spacial score (nSPS) is 17.1. The number of aromatic nitrogens is 1. The van der Waals surface area contributed by atoms with Gasteiger partial charge in [0.05, 0.1) is 0 Å². The molecule has 0 aromatic carbocycles. The van der Waals surface area contributed by atoms with Gasteiger partial charge in [0, 0.05) is 26.3 Å². The summed E-state index contributed by atoms with van der Waals surface area (Å²) in [5.74, 6) is 1.85. The van der Waals surface area contributed by atoms with Crippen LogP contribution in [0.15, 0.2) is 18.3 Å². The van der Waals surface area contributed by atoms with E-state index in [1.807, 2.05) is 19.3 Å². The van der Waals surface area contributed by atoms with E-state index in [4.69, 9.17) is 0 Å². The van der Waals surface area contributed by atoms with Crippen LogP contribution in [0, 0.1) is 5.92 Å². The lowest BCUT2D eigenvalue weighted by Crippen LogP contribution is -2.26. The van der Waals surface area contributed by atoms with E-state index in [9.17, 15) is 0 Å². The van der Waals surface area contributed by atoms with Gasteiger partial charge in [-0.15, -0.1) is 0 Å². The molecule has 0 amide bonds. The second-order valence-electron chi connectivity index (χ2n) is 5.50. The molecule has 100 valence electrons. The second kappa shape index (κ2) is 6.74. The predicted octanol–water partition coefficient (Wildman–Crippen LogP) is 3.14. The molecule has 0 radical (unpaired) electrons. The van der Waals surface area contributed by atoms with E-state index in [-0.39, 0.29) is 0 Å². The van der Waals surface area contributed by atoms with Crippen LogP contribution in [-0.4, -0.2) is 30.5 Å². The fourth-order valence-electron chi connectivity index (χ4n) is 2.85. The third-order valence-electron chi connectivity index (χ3n) is 3.83. The molecular weight excluding hydrogens is 222 g/mol. The van der Waals surface area contributed by atoms with Crippen LogP contribution in [0.5, 0.6) is 0 Å². The van der Waals surface area contributed by atoms with Gasteiger partial charge in [0.25, 0.3) is 0 Å². The Morgan fingerprint density at radius 1 is 1.28 bits per heavy atom. The van der Waals surface area contributed by atoms with Crippen LogP contribution in [0.25, 0.3) is 0 Å². The molecule has 0 unspecified atom stereocenters. The van der Waals surface area contributed by atoms with Gasteiger partial charge in [0.1, 0.15) is 5.82 Å². The van der Waals surface area contributed by atoms with Crippen LogP contribution in [0.1, 0.15) is 37.7 Å². The number of rotatable bonds is 5. The number of nitrogens with one attached hydrogen (secondary N) is 1. The van der Waals surface area contributed by atoms with Crippen LogP contribution < -0.4 is 5.32 Å². The summed E-state index contributed by atoms with van der Waals surface area (Å²) in [5.41, 5.74) is 1.30. The molecule has 0 saturated heterocycles. The van der Waals surface area contributed by atoms with Crippen molar-refractivity contribution >= 4 is 5.82 Å². The Bertz CT molecular complexity index is 341. The van der Waals surface area contributed by atoms with Crippen molar-refractivity contribution in [1.82, 2.24) is 9.88 Å². The lowest BCUT2D eigenvalue weighted by Gasteiger charge is -2.26. The van der Waals surface area contributed by atoms with Crippen LogP contribution in [-0.2, 0) is 6.54 Å². The molecule has 1 N–H and O–H groups in total. The van der Waals surface area contributed by atoms with Gasteiger partial charge < -0.3 is 10.2 Å². The van der Waals surface area contributed by atoms with Crippen molar-refractivity contribution in [2.75, 3.05) is 26.0 Å². The monoisotopic (exact) mass is 247 g/mol. The lowest BCUT2D eigenvalue weighted by atomic mass is 9.89. The van der Waals surface area contributed by atoms with E-state index >= 15 is 0 Å². The quantitative estimate of drug-likeness (QED) is 0.866. The molecule has 1 aromatic rings. The highest BCUT2D eigenvalue weighted by Gasteiger charge is 2.15. The Morgan fingerprint density at radius 3 is 2.67 bits per heavy atom. The highest BCUT2D eigenvalue weighted by atomic mass is 15.1. The van der Waals surface area contributed by atoms with Crippen molar-refractivity contribution in [1.29, 1.82) is 0 Å². The molecule has 1 fully saturated rings. The van der Waals surface area contributed by atoms with E-state index in [1.165, 1.54) is 44.2 Å². The summed E-state index contributed by atoms with van der Waals surface area (Å²) in [5, 5.41) is 3.05. The molecule has 1 aliphatic carbocycles. The van der Waals surface area contributed by atoms with Crippen LogP contribution >= 0.6 is 0 Å². The summed E-state index contributed by atoms with van der Waals surface area (Å²) in [4.78, 5) is 6.80. The molecule has 1 aromatic heterocycles. The minimum absolute atomic E-state index is 0.910. The van der Waals surface area contributed by atoms with Gasteiger partial charge in [-0.3, -0.25) is 0 Å². The van der Waals surface area contributed by atoms with E-state index < -0.39 is 0 Å². The first kappa shape index (κ1) is 13.3. The van der Waals surface area contributed by atoms with E-state index in [2.05, 4.69) is 28.3 Å². The fourth-order valence-corrected chi connectivity index (χ4v) is 2.85. The van der Waals surface area contributed by atoms with Crippen molar-refractivity contribution < 1.29 is 0 Å². The van der Waals surface area contributed by atoms with E-state index in [1.54, 1.807) is 0 Å². The topological polar surface area (TPSA) is 28.2 Å². The van der Waals surface area contributed by atoms with Gasteiger partial charge in [-0.1, -0.05) is 25.3 Å². The summed E-state index contributed by atoms with van der Waals surface area (Å²) in [7, 11) is 4.12. The largest absolute Gasteiger partial charge is 0.373 e. The maximum Gasteiger partial charge on any atom is 0.125 e. The molecular formula is C15H25N3. The summed E-state index contributed by atoms with van der Waals surface area (Å²) in [6.45, 7) is 2.24. The number of pyridine rings is 1. The molecule has 3 heteroatoms. The third kappa shape index (κ3) is 3.98. The Hall–Kier alpha value is -1.09. The maximum atomic E-state index is 4.36. The first-order valence-corrected chi connectivity index (χ1v) is 7.09. The van der Waals surface area contributed by atoms with Crippen LogP contribution in [0.3, 0.4) is 0 Å². The standard InChI is InChI=1S/C15H25N3/c1-16-15-9-8-14(10-17-15)12-18(2)11-13-6-4-3-5-7-13/h8-10,13H,3-7,11-12H2,1-2H3,(H,16,17). The molecule has 18 heavy (non-hydrogen) atoms. The van der Waals surface area contributed by atoms with Gasteiger partial charge in [-0.25, -0.2) is 4.98 Å². The molecule has 3 nitrogen and oxygen atoms in total. The zero-order valence-corrected chi connectivity index (χ0v) is 11.7. The average molecular weight is 247 g/mol. The minimum atomic E-state index is 0.910. The average Bonchev–Trinajstić information content (AvgIpc) is 2.40. The van der Waals surface area contributed by atoms with Gasteiger partial charge in [0.15, 0.2) is 0 Å². The summed E-state index contributed by atoms with van der Waals surface area (Å²) < 4.78 is 0. The van der Waals surface area contributed by atoms with Crippen molar-refractivity contribution in [3.8, 4) is 0 Å². The molecule has 1 aliphatic rings. The molecule has 0 bridgehead atoms. The Labute approximate surface area is 111 Å². The van der Waals surface area contributed by atoms with E-state index in [0.717, 1.165) is 18.3 Å². The van der Waals surface area contributed by atoms with Crippen molar-refractivity contribution in [3.63, 3.8) is 0 Å². The second-order valence-corrected chi connectivity index (χ2v) is 5.50. The molecule has 2 rings (SSSR count). The fraction of sp³-hybridized carbons (Fsp3) is 0.667. The molecule has 0 spiro atoms. The lowest BCUT2D eigenvalue weighted by molar-refractivity contribution is 0.228. The molecule has 0 aliphatic heterocycles. The number of hydrogen-bond acceptors (Lipinski definition) is 3. The van der Waals surface area contributed by atoms with Gasteiger partial charge in [0.2, 0.25) is 0 Å². The molecule has 0 atom stereocenters. The van der Waals surface area contributed by atoms with Crippen molar-refractivity contribution in [3.05, 3.63) is 23.9 Å². The Balaban J connectivity index is 1.80. The first-order chi connectivity index (χ1) is 8.78. The van der Waals surface area contributed by atoms with Gasteiger partial charge in [-0.05, 0) is 37.4 Å². The SMILES string of the molecule is CNc1ccc(CN(C)CC2CCCCC2)cn1.